The van der Waals surface area contributed by atoms with Crippen molar-refractivity contribution in [3.8, 4) is 12.3 Å². The van der Waals surface area contributed by atoms with Gasteiger partial charge in [0.1, 0.15) is 0 Å². The van der Waals surface area contributed by atoms with Gasteiger partial charge in [-0.15, -0.1) is 6.42 Å². The molecule has 0 heterocycles. The van der Waals surface area contributed by atoms with Gasteiger partial charge in [0.2, 0.25) is 0 Å². The quantitative estimate of drug-likeness (QED) is 0.797. The van der Waals surface area contributed by atoms with Crippen molar-refractivity contribution in [3.05, 3.63) is 59.7 Å². The Morgan fingerprint density at radius 3 is 1.77 bits per heavy atom. The molecule has 0 bridgehead atoms. The lowest BCUT2D eigenvalue weighted by Gasteiger charge is -2.10. The molecule has 0 spiro atoms. The highest BCUT2D eigenvalue weighted by Gasteiger charge is 2.29. The molecule has 0 aliphatic rings. The molecule has 0 fully saturated rings. The summed E-state index contributed by atoms with van der Waals surface area (Å²) in [5.74, 6) is 2.44. The van der Waals surface area contributed by atoms with E-state index in [9.17, 15) is 18.0 Å². The fourth-order valence-corrected chi connectivity index (χ4v) is 1.69. The zero-order valence-electron chi connectivity index (χ0n) is 11.2. The van der Waals surface area contributed by atoms with Crippen molar-refractivity contribution >= 4 is 17.4 Å². The molecule has 6 heteroatoms. The standard InChI is InChI=1S/C16H11F3N2O/c1-2-11-3-7-13(8-4-11)20-15(22)21-14-9-5-12(6-10-14)16(17,18)19/h1,3-10H,(H2,20,21,22). The number of amides is 2. The van der Waals surface area contributed by atoms with Gasteiger partial charge in [0.25, 0.3) is 0 Å². The van der Waals surface area contributed by atoms with E-state index < -0.39 is 17.8 Å². The summed E-state index contributed by atoms with van der Waals surface area (Å²) in [7, 11) is 0. The maximum Gasteiger partial charge on any atom is 0.416 e. The van der Waals surface area contributed by atoms with Crippen LogP contribution in [0.1, 0.15) is 11.1 Å². The highest BCUT2D eigenvalue weighted by Crippen LogP contribution is 2.29. The number of carbonyl (C=O) groups is 1. The van der Waals surface area contributed by atoms with Crippen LogP contribution in [-0.4, -0.2) is 6.03 Å². The van der Waals surface area contributed by atoms with Crippen molar-refractivity contribution in [1.29, 1.82) is 0 Å². The molecule has 0 saturated carbocycles. The molecule has 0 saturated heterocycles. The zero-order chi connectivity index (χ0) is 16.2. The van der Waals surface area contributed by atoms with E-state index in [0.717, 1.165) is 12.1 Å². The molecule has 2 aromatic carbocycles. The number of urea groups is 1. The normalized spacial score (nSPS) is 10.6. The molecule has 0 radical (unpaired) electrons. The van der Waals surface area contributed by atoms with E-state index in [4.69, 9.17) is 6.42 Å². The van der Waals surface area contributed by atoms with E-state index >= 15 is 0 Å². The van der Waals surface area contributed by atoms with Crippen molar-refractivity contribution in [1.82, 2.24) is 0 Å². The number of nitrogens with one attached hydrogen (secondary N) is 2. The fourth-order valence-electron chi connectivity index (χ4n) is 1.69. The van der Waals surface area contributed by atoms with E-state index in [1.807, 2.05) is 0 Å². The van der Waals surface area contributed by atoms with Gasteiger partial charge in [-0.2, -0.15) is 13.2 Å². The van der Waals surface area contributed by atoms with Gasteiger partial charge < -0.3 is 10.6 Å². The van der Waals surface area contributed by atoms with Crippen molar-refractivity contribution in [3.63, 3.8) is 0 Å². The van der Waals surface area contributed by atoms with Crippen molar-refractivity contribution < 1.29 is 18.0 Å². The van der Waals surface area contributed by atoms with Crippen LogP contribution < -0.4 is 10.6 Å². The Balaban J connectivity index is 1.98. The summed E-state index contributed by atoms with van der Waals surface area (Å²) < 4.78 is 37.3. The van der Waals surface area contributed by atoms with Gasteiger partial charge in [0, 0.05) is 16.9 Å². The second-order valence-corrected chi connectivity index (χ2v) is 4.38. The van der Waals surface area contributed by atoms with Gasteiger partial charge in [-0.25, -0.2) is 4.79 Å². The van der Waals surface area contributed by atoms with Crippen LogP contribution in [0.4, 0.5) is 29.3 Å². The summed E-state index contributed by atoms with van der Waals surface area (Å²) in [4.78, 5) is 11.7. The minimum absolute atomic E-state index is 0.255. The van der Waals surface area contributed by atoms with Gasteiger partial charge >= 0.3 is 12.2 Å². The van der Waals surface area contributed by atoms with Crippen LogP contribution in [0.5, 0.6) is 0 Å². The first-order chi connectivity index (χ1) is 10.4. The van der Waals surface area contributed by atoms with E-state index in [0.29, 0.717) is 11.3 Å². The van der Waals surface area contributed by atoms with Crippen LogP contribution in [-0.2, 0) is 6.18 Å². The molecular formula is C16H11F3N2O. The molecule has 0 atom stereocenters. The molecule has 0 aromatic heterocycles. The van der Waals surface area contributed by atoms with Gasteiger partial charge in [0.15, 0.2) is 0 Å². The zero-order valence-corrected chi connectivity index (χ0v) is 11.2. The molecule has 22 heavy (non-hydrogen) atoms. The summed E-state index contributed by atoms with van der Waals surface area (Å²) in [6.45, 7) is 0. The van der Waals surface area contributed by atoms with Gasteiger partial charge in [-0.3, -0.25) is 0 Å². The average molecular weight is 304 g/mol. The van der Waals surface area contributed by atoms with Crippen molar-refractivity contribution in [2.45, 2.75) is 6.18 Å². The third-order valence-electron chi connectivity index (χ3n) is 2.78. The monoisotopic (exact) mass is 304 g/mol. The van der Waals surface area contributed by atoms with Gasteiger partial charge in [0.05, 0.1) is 5.56 Å². The highest BCUT2D eigenvalue weighted by atomic mass is 19.4. The second-order valence-electron chi connectivity index (χ2n) is 4.38. The predicted molar refractivity (Wildman–Crippen MR) is 78.5 cm³/mol. The largest absolute Gasteiger partial charge is 0.416 e. The van der Waals surface area contributed by atoms with Crippen LogP contribution in [0.3, 0.4) is 0 Å². The topological polar surface area (TPSA) is 41.1 Å². The predicted octanol–water partition coefficient (Wildman–Crippen LogP) is 4.33. The molecular weight excluding hydrogens is 293 g/mol. The minimum atomic E-state index is -4.40. The lowest BCUT2D eigenvalue weighted by Crippen LogP contribution is -2.19. The molecule has 0 aliphatic heterocycles. The van der Waals surface area contributed by atoms with Gasteiger partial charge in [-0.05, 0) is 48.5 Å². The summed E-state index contributed by atoms with van der Waals surface area (Å²) in [6.07, 6.45) is 0.813. The Morgan fingerprint density at radius 1 is 0.909 bits per heavy atom. The third-order valence-corrected chi connectivity index (χ3v) is 2.78. The number of halogens is 3. The maximum absolute atomic E-state index is 12.4. The lowest BCUT2D eigenvalue weighted by atomic mass is 10.2. The molecule has 0 aliphatic carbocycles. The number of carbonyl (C=O) groups excluding carboxylic acids is 1. The van der Waals surface area contributed by atoms with Crippen LogP contribution >= 0.6 is 0 Å². The number of benzene rings is 2. The molecule has 2 N–H and O–H groups in total. The van der Waals surface area contributed by atoms with E-state index in [1.165, 1.54) is 12.1 Å². The summed E-state index contributed by atoms with van der Waals surface area (Å²) >= 11 is 0. The SMILES string of the molecule is C#Cc1ccc(NC(=O)Nc2ccc(C(F)(F)F)cc2)cc1. The van der Waals surface area contributed by atoms with E-state index in [-0.39, 0.29) is 5.69 Å². The van der Waals surface area contributed by atoms with Crippen LogP contribution in [0.15, 0.2) is 48.5 Å². The summed E-state index contributed by atoms with van der Waals surface area (Å²) in [5.41, 5.74) is 0.672. The smallest absolute Gasteiger partial charge is 0.308 e. The van der Waals surface area contributed by atoms with E-state index in [2.05, 4.69) is 16.6 Å². The first-order valence-electron chi connectivity index (χ1n) is 6.20. The maximum atomic E-state index is 12.4. The van der Waals surface area contributed by atoms with Crippen LogP contribution in [0, 0.1) is 12.3 Å². The van der Waals surface area contributed by atoms with Crippen LogP contribution in [0.2, 0.25) is 0 Å². The van der Waals surface area contributed by atoms with Crippen molar-refractivity contribution in [2.75, 3.05) is 10.6 Å². The lowest BCUT2D eigenvalue weighted by molar-refractivity contribution is -0.137. The Bertz CT molecular complexity index is 698. The number of hydrogen-bond acceptors (Lipinski definition) is 1. The molecule has 3 nitrogen and oxygen atoms in total. The Labute approximate surface area is 125 Å². The van der Waals surface area contributed by atoms with Crippen molar-refractivity contribution in [2.24, 2.45) is 0 Å². The summed E-state index contributed by atoms with van der Waals surface area (Å²) in [6, 6.07) is 10.2. The first kappa shape index (κ1) is 15.4. The number of rotatable bonds is 2. The molecule has 0 unspecified atom stereocenters. The van der Waals surface area contributed by atoms with E-state index in [1.54, 1.807) is 24.3 Å². The highest BCUT2D eigenvalue weighted by molar-refractivity contribution is 5.99. The number of alkyl halides is 3. The third kappa shape index (κ3) is 4.03. The average Bonchev–Trinajstić information content (AvgIpc) is 2.47. The van der Waals surface area contributed by atoms with Gasteiger partial charge in [-0.1, -0.05) is 5.92 Å². The Kier molecular flexibility index (Phi) is 4.37. The molecule has 2 amide bonds. The fraction of sp³-hybridized carbons (Fsp3) is 0.0625. The number of hydrogen-bond donors (Lipinski definition) is 2. The minimum Gasteiger partial charge on any atom is -0.308 e. The second kappa shape index (κ2) is 6.22. The molecule has 112 valence electrons. The summed E-state index contributed by atoms with van der Waals surface area (Å²) in [5, 5.41) is 4.99. The number of terminal acetylenes is 1. The molecule has 2 aromatic rings. The van der Waals surface area contributed by atoms with Crippen LogP contribution in [0.25, 0.3) is 0 Å². The number of anilines is 2. The Hall–Kier alpha value is -2.94. The Morgan fingerprint density at radius 2 is 1.36 bits per heavy atom. The molecule has 2 rings (SSSR count). The first-order valence-corrected chi connectivity index (χ1v) is 6.20.